The quantitative estimate of drug-likeness (QED) is 0.517. The largest absolute Gasteiger partial charge is 0.573 e. The van der Waals surface area contributed by atoms with Crippen LogP contribution in [0.15, 0.2) is 29.3 Å². The van der Waals surface area contributed by atoms with Crippen molar-refractivity contribution in [3.63, 3.8) is 0 Å². The topological polar surface area (TPSA) is 58.1 Å². The number of alkyl halides is 3. The van der Waals surface area contributed by atoms with E-state index < -0.39 is 6.36 Å². The lowest BCUT2D eigenvalue weighted by molar-refractivity contribution is -0.274. The van der Waals surface area contributed by atoms with Gasteiger partial charge in [0, 0.05) is 38.3 Å². The third-order valence-corrected chi connectivity index (χ3v) is 4.24. The molecule has 1 unspecified atom stereocenters. The maximum atomic E-state index is 12.5. The van der Waals surface area contributed by atoms with Gasteiger partial charge in [-0.3, -0.25) is 4.90 Å². The van der Waals surface area contributed by atoms with E-state index in [9.17, 15) is 13.2 Å². The molecule has 1 aromatic carbocycles. The van der Waals surface area contributed by atoms with E-state index in [0.29, 0.717) is 30.5 Å². The SMILES string of the molecule is CCNC(=NCc1ccccc1OC(F)(F)F)NCC(C)CN1CCOCC1. The number of morpholine rings is 1. The second-order valence-electron chi connectivity index (χ2n) is 6.75. The van der Waals surface area contributed by atoms with E-state index in [1.807, 2.05) is 6.92 Å². The summed E-state index contributed by atoms with van der Waals surface area (Å²) in [7, 11) is 0. The van der Waals surface area contributed by atoms with Crippen LogP contribution < -0.4 is 15.4 Å². The molecule has 1 aliphatic heterocycles. The molecule has 1 fully saturated rings. The molecule has 2 N–H and O–H groups in total. The predicted molar refractivity (Wildman–Crippen MR) is 102 cm³/mol. The number of hydrogen-bond donors (Lipinski definition) is 2. The highest BCUT2D eigenvalue weighted by Crippen LogP contribution is 2.26. The molecule has 1 atom stereocenters. The van der Waals surface area contributed by atoms with Crippen LogP contribution in [0.4, 0.5) is 13.2 Å². The molecule has 1 saturated heterocycles. The zero-order valence-electron chi connectivity index (χ0n) is 16.4. The molecule has 0 radical (unpaired) electrons. The van der Waals surface area contributed by atoms with Gasteiger partial charge in [-0.2, -0.15) is 0 Å². The smallest absolute Gasteiger partial charge is 0.405 e. The molecular weight excluding hydrogens is 373 g/mol. The molecule has 1 heterocycles. The van der Waals surface area contributed by atoms with E-state index in [2.05, 4.69) is 32.2 Å². The summed E-state index contributed by atoms with van der Waals surface area (Å²) in [5, 5.41) is 6.39. The van der Waals surface area contributed by atoms with Crippen molar-refractivity contribution in [2.24, 2.45) is 10.9 Å². The van der Waals surface area contributed by atoms with E-state index >= 15 is 0 Å². The first-order valence-corrected chi connectivity index (χ1v) is 9.53. The molecule has 0 amide bonds. The van der Waals surface area contributed by atoms with Crippen molar-refractivity contribution in [3.05, 3.63) is 29.8 Å². The standard InChI is InChI=1S/C19H29F3N4O2/c1-3-23-18(24-12-15(2)14-26-8-10-27-11-9-26)25-13-16-6-4-5-7-17(16)28-19(20,21)22/h4-7,15H,3,8-14H2,1-2H3,(H2,23,24,25). The normalized spacial score (nSPS) is 17.2. The number of nitrogens with one attached hydrogen (secondary N) is 2. The molecule has 0 bridgehead atoms. The number of ether oxygens (including phenoxy) is 2. The first-order chi connectivity index (χ1) is 13.4. The fourth-order valence-corrected chi connectivity index (χ4v) is 2.92. The maximum absolute atomic E-state index is 12.5. The van der Waals surface area contributed by atoms with E-state index in [1.54, 1.807) is 12.1 Å². The van der Waals surface area contributed by atoms with Gasteiger partial charge in [0.2, 0.25) is 0 Å². The van der Waals surface area contributed by atoms with Gasteiger partial charge in [-0.25, -0.2) is 4.99 Å². The Kier molecular flexibility index (Phi) is 8.85. The minimum absolute atomic E-state index is 0.0828. The average Bonchev–Trinajstić information content (AvgIpc) is 2.64. The number of aliphatic imine (C=N–C) groups is 1. The number of hydrogen-bond acceptors (Lipinski definition) is 4. The third kappa shape index (κ3) is 8.35. The van der Waals surface area contributed by atoms with E-state index in [0.717, 1.165) is 32.8 Å². The second-order valence-corrected chi connectivity index (χ2v) is 6.75. The van der Waals surface area contributed by atoms with Crippen molar-refractivity contribution < 1.29 is 22.6 Å². The summed E-state index contributed by atoms with van der Waals surface area (Å²) in [6, 6.07) is 6.04. The monoisotopic (exact) mass is 402 g/mol. The molecule has 9 heteroatoms. The van der Waals surface area contributed by atoms with Gasteiger partial charge >= 0.3 is 6.36 Å². The van der Waals surface area contributed by atoms with E-state index in [4.69, 9.17) is 4.74 Å². The fourth-order valence-electron chi connectivity index (χ4n) is 2.92. The number of rotatable bonds is 8. The lowest BCUT2D eigenvalue weighted by Crippen LogP contribution is -2.44. The van der Waals surface area contributed by atoms with Gasteiger partial charge in [-0.1, -0.05) is 25.1 Å². The van der Waals surface area contributed by atoms with Crippen LogP contribution in [0.5, 0.6) is 5.75 Å². The van der Waals surface area contributed by atoms with Crippen molar-refractivity contribution in [1.82, 2.24) is 15.5 Å². The van der Waals surface area contributed by atoms with Crippen LogP contribution >= 0.6 is 0 Å². The molecule has 2 rings (SSSR count). The lowest BCUT2D eigenvalue weighted by Gasteiger charge is -2.29. The van der Waals surface area contributed by atoms with Gasteiger partial charge in [-0.05, 0) is 18.9 Å². The first-order valence-electron chi connectivity index (χ1n) is 9.53. The minimum atomic E-state index is -4.72. The van der Waals surface area contributed by atoms with Crippen LogP contribution in [0.3, 0.4) is 0 Å². The summed E-state index contributed by atoms with van der Waals surface area (Å²) in [6.45, 7) is 9.91. The van der Waals surface area contributed by atoms with Crippen LogP contribution in [0.2, 0.25) is 0 Å². The van der Waals surface area contributed by atoms with Gasteiger partial charge < -0.3 is 20.1 Å². The average molecular weight is 402 g/mol. The molecule has 0 saturated carbocycles. The summed E-state index contributed by atoms with van der Waals surface area (Å²) >= 11 is 0. The van der Waals surface area contributed by atoms with E-state index in [-0.39, 0.29) is 12.3 Å². The number of nitrogens with zero attached hydrogens (tertiary/aromatic N) is 2. The number of benzene rings is 1. The Hall–Kier alpha value is -2.00. The maximum Gasteiger partial charge on any atom is 0.573 e. The Morgan fingerprint density at radius 3 is 2.64 bits per heavy atom. The fraction of sp³-hybridized carbons (Fsp3) is 0.632. The Labute approximate surface area is 164 Å². The van der Waals surface area contributed by atoms with Crippen LogP contribution in [0.1, 0.15) is 19.4 Å². The van der Waals surface area contributed by atoms with Gasteiger partial charge in [-0.15, -0.1) is 13.2 Å². The van der Waals surface area contributed by atoms with Crippen molar-refractivity contribution >= 4 is 5.96 Å². The summed E-state index contributed by atoms with van der Waals surface area (Å²) in [4.78, 5) is 6.77. The summed E-state index contributed by atoms with van der Waals surface area (Å²) in [5.74, 6) is 0.733. The Bertz CT molecular complexity index is 619. The molecular formula is C19H29F3N4O2. The molecule has 0 aromatic heterocycles. The molecule has 28 heavy (non-hydrogen) atoms. The summed E-state index contributed by atoms with van der Waals surface area (Å²) in [5.41, 5.74) is 0.374. The third-order valence-electron chi connectivity index (χ3n) is 4.24. The highest BCUT2D eigenvalue weighted by molar-refractivity contribution is 5.79. The lowest BCUT2D eigenvalue weighted by atomic mass is 10.1. The highest BCUT2D eigenvalue weighted by Gasteiger charge is 2.31. The Morgan fingerprint density at radius 2 is 1.96 bits per heavy atom. The molecule has 1 aromatic rings. The summed E-state index contributed by atoms with van der Waals surface area (Å²) in [6.07, 6.45) is -4.72. The van der Waals surface area contributed by atoms with Crippen LogP contribution in [-0.2, 0) is 11.3 Å². The molecule has 0 spiro atoms. The van der Waals surface area contributed by atoms with Crippen LogP contribution in [0, 0.1) is 5.92 Å². The number of guanidine groups is 1. The highest BCUT2D eigenvalue weighted by atomic mass is 19.4. The van der Waals surface area contributed by atoms with Crippen molar-refractivity contribution in [2.75, 3.05) is 45.9 Å². The Balaban J connectivity index is 1.91. The van der Waals surface area contributed by atoms with Crippen molar-refractivity contribution in [2.45, 2.75) is 26.8 Å². The van der Waals surface area contributed by atoms with Crippen molar-refractivity contribution in [3.8, 4) is 5.75 Å². The van der Waals surface area contributed by atoms with Gasteiger partial charge in [0.1, 0.15) is 5.75 Å². The van der Waals surface area contributed by atoms with E-state index in [1.165, 1.54) is 12.1 Å². The van der Waals surface area contributed by atoms with Gasteiger partial charge in [0.05, 0.1) is 19.8 Å². The molecule has 1 aliphatic rings. The van der Waals surface area contributed by atoms with Gasteiger partial charge in [0.25, 0.3) is 0 Å². The first kappa shape index (κ1) is 22.3. The van der Waals surface area contributed by atoms with Crippen LogP contribution in [0.25, 0.3) is 0 Å². The van der Waals surface area contributed by atoms with Gasteiger partial charge in [0.15, 0.2) is 5.96 Å². The second kappa shape index (κ2) is 11.1. The molecule has 158 valence electrons. The zero-order valence-corrected chi connectivity index (χ0v) is 16.4. The summed E-state index contributed by atoms with van der Waals surface area (Å²) < 4.78 is 47.1. The minimum Gasteiger partial charge on any atom is -0.405 e. The Morgan fingerprint density at radius 1 is 1.25 bits per heavy atom. The van der Waals surface area contributed by atoms with Crippen LogP contribution in [-0.4, -0.2) is 63.2 Å². The predicted octanol–water partition coefficient (Wildman–Crippen LogP) is 2.61. The molecule has 6 nitrogen and oxygen atoms in total. The number of para-hydroxylation sites is 1. The number of halogens is 3. The van der Waals surface area contributed by atoms with Crippen molar-refractivity contribution in [1.29, 1.82) is 0 Å². The molecule has 0 aliphatic carbocycles. The zero-order chi connectivity index (χ0) is 20.4.